The van der Waals surface area contributed by atoms with Crippen molar-refractivity contribution in [1.29, 1.82) is 0 Å². The molecule has 0 aliphatic rings. The summed E-state index contributed by atoms with van der Waals surface area (Å²) in [5.74, 6) is -2.20. The van der Waals surface area contributed by atoms with E-state index in [1.54, 1.807) is 19.1 Å². The molecule has 0 radical (unpaired) electrons. The van der Waals surface area contributed by atoms with Crippen LogP contribution in [0.4, 0.5) is 10.1 Å². The number of amides is 2. The summed E-state index contributed by atoms with van der Waals surface area (Å²) in [7, 11) is 0. The van der Waals surface area contributed by atoms with Gasteiger partial charge in [-0.05, 0) is 43.3 Å². The summed E-state index contributed by atoms with van der Waals surface area (Å²) in [5, 5.41) is 0. The number of hydrogen-bond acceptors (Lipinski definition) is 5. The number of para-hydroxylation sites is 1. The van der Waals surface area contributed by atoms with Gasteiger partial charge < -0.3 is 20.1 Å². The van der Waals surface area contributed by atoms with Gasteiger partial charge in [0.2, 0.25) is 0 Å². The number of primary amides is 1. The molecule has 27 heavy (non-hydrogen) atoms. The summed E-state index contributed by atoms with van der Waals surface area (Å²) in [4.78, 5) is 36.7. The van der Waals surface area contributed by atoms with Crippen molar-refractivity contribution in [3.05, 3.63) is 59.9 Å². The normalized spacial score (nSPS) is 10.1. The number of hydrogen-bond donors (Lipinski definition) is 1. The van der Waals surface area contributed by atoms with Crippen molar-refractivity contribution < 1.29 is 28.2 Å². The van der Waals surface area contributed by atoms with E-state index in [2.05, 4.69) is 0 Å². The third kappa shape index (κ3) is 5.53. The number of nitrogens with two attached hydrogens (primary N) is 1. The Labute approximate surface area is 155 Å². The van der Waals surface area contributed by atoms with Gasteiger partial charge in [0, 0.05) is 12.2 Å². The van der Waals surface area contributed by atoms with Crippen LogP contribution < -0.4 is 15.4 Å². The SMILES string of the molecule is CCN(C(=O)COC(=O)COc1ccccc1C(N)=O)c1ccc(F)cc1. The zero-order chi connectivity index (χ0) is 19.8. The van der Waals surface area contributed by atoms with Crippen molar-refractivity contribution in [2.45, 2.75) is 6.92 Å². The molecule has 0 aliphatic carbocycles. The van der Waals surface area contributed by atoms with E-state index in [9.17, 15) is 18.8 Å². The number of carbonyl (C=O) groups is 3. The van der Waals surface area contributed by atoms with Crippen molar-refractivity contribution in [2.75, 3.05) is 24.7 Å². The van der Waals surface area contributed by atoms with Crippen molar-refractivity contribution >= 4 is 23.5 Å². The van der Waals surface area contributed by atoms with Crippen LogP contribution in [0.5, 0.6) is 5.75 Å². The summed E-state index contributed by atoms with van der Waals surface area (Å²) >= 11 is 0. The number of nitrogens with zero attached hydrogens (tertiary/aromatic N) is 1. The average molecular weight is 374 g/mol. The first-order valence-electron chi connectivity index (χ1n) is 8.15. The number of halogens is 1. The predicted octanol–water partition coefficient (Wildman–Crippen LogP) is 1.90. The van der Waals surface area contributed by atoms with Gasteiger partial charge in [0.1, 0.15) is 11.6 Å². The fraction of sp³-hybridized carbons (Fsp3) is 0.211. The van der Waals surface area contributed by atoms with Gasteiger partial charge in [0.15, 0.2) is 13.2 Å². The van der Waals surface area contributed by atoms with Gasteiger partial charge in [-0.25, -0.2) is 9.18 Å². The van der Waals surface area contributed by atoms with Crippen LogP contribution in [0, 0.1) is 5.82 Å². The molecule has 2 rings (SSSR count). The largest absolute Gasteiger partial charge is 0.481 e. The molecule has 2 amide bonds. The quantitative estimate of drug-likeness (QED) is 0.712. The highest BCUT2D eigenvalue weighted by Gasteiger charge is 2.17. The van der Waals surface area contributed by atoms with Gasteiger partial charge in [-0.2, -0.15) is 0 Å². The number of carbonyl (C=O) groups excluding carboxylic acids is 3. The highest BCUT2D eigenvalue weighted by molar-refractivity contribution is 5.96. The first-order chi connectivity index (χ1) is 12.9. The average Bonchev–Trinajstić information content (AvgIpc) is 2.67. The molecule has 0 aromatic heterocycles. The number of esters is 1. The molecule has 142 valence electrons. The third-order valence-corrected chi connectivity index (χ3v) is 3.61. The Morgan fingerprint density at radius 1 is 1.04 bits per heavy atom. The van der Waals surface area contributed by atoms with Gasteiger partial charge in [-0.3, -0.25) is 9.59 Å². The lowest BCUT2D eigenvalue weighted by molar-refractivity contribution is -0.149. The van der Waals surface area contributed by atoms with Crippen LogP contribution in [-0.2, 0) is 14.3 Å². The summed E-state index contributed by atoms with van der Waals surface area (Å²) < 4.78 is 23.1. The van der Waals surface area contributed by atoms with Crippen LogP contribution in [0.3, 0.4) is 0 Å². The lowest BCUT2D eigenvalue weighted by Crippen LogP contribution is -2.35. The lowest BCUT2D eigenvalue weighted by Gasteiger charge is -2.20. The highest BCUT2D eigenvalue weighted by Crippen LogP contribution is 2.17. The number of rotatable bonds is 8. The minimum atomic E-state index is -0.780. The summed E-state index contributed by atoms with van der Waals surface area (Å²) in [6.07, 6.45) is 0. The second-order valence-corrected chi connectivity index (χ2v) is 5.42. The number of ether oxygens (including phenoxy) is 2. The van der Waals surface area contributed by atoms with E-state index in [1.807, 2.05) is 0 Å². The molecule has 0 bridgehead atoms. The van der Waals surface area contributed by atoms with Crippen LogP contribution in [0.1, 0.15) is 17.3 Å². The number of anilines is 1. The molecular weight excluding hydrogens is 355 g/mol. The summed E-state index contributed by atoms with van der Waals surface area (Å²) in [5.41, 5.74) is 5.85. The van der Waals surface area contributed by atoms with E-state index in [0.29, 0.717) is 12.2 Å². The second kappa shape index (κ2) is 9.33. The van der Waals surface area contributed by atoms with Crippen molar-refractivity contribution in [3.8, 4) is 5.75 Å². The first kappa shape index (κ1) is 19.9. The molecule has 2 aromatic rings. The van der Waals surface area contributed by atoms with Crippen LogP contribution in [-0.4, -0.2) is 37.5 Å². The minimum absolute atomic E-state index is 0.134. The van der Waals surface area contributed by atoms with Crippen LogP contribution in [0.25, 0.3) is 0 Å². The number of likely N-dealkylation sites (N-methyl/N-ethyl adjacent to an activating group) is 1. The molecule has 2 N–H and O–H groups in total. The zero-order valence-corrected chi connectivity index (χ0v) is 14.7. The fourth-order valence-corrected chi connectivity index (χ4v) is 2.32. The van der Waals surface area contributed by atoms with Crippen molar-refractivity contribution in [2.24, 2.45) is 5.73 Å². The summed E-state index contributed by atoms with van der Waals surface area (Å²) in [6.45, 7) is 1.09. The molecule has 7 nitrogen and oxygen atoms in total. The van der Waals surface area contributed by atoms with E-state index >= 15 is 0 Å². The maximum Gasteiger partial charge on any atom is 0.344 e. The highest BCUT2D eigenvalue weighted by atomic mass is 19.1. The van der Waals surface area contributed by atoms with Gasteiger partial charge in [-0.15, -0.1) is 0 Å². The Kier molecular flexibility index (Phi) is 6.87. The molecule has 0 spiro atoms. The van der Waals surface area contributed by atoms with E-state index in [1.165, 1.54) is 41.3 Å². The van der Waals surface area contributed by atoms with Crippen LogP contribution in [0.15, 0.2) is 48.5 Å². The van der Waals surface area contributed by atoms with E-state index in [0.717, 1.165) is 0 Å². The maximum atomic E-state index is 13.0. The van der Waals surface area contributed by atoms with Gasteiger partial charge >= 0.3 is 5.97 Å². The lowest BCUT2D eigenvalue weighted by atomic mass is 10.2. The van der Waals surface area contributed by atoms with Crippen LogP contribution >= 0.6 is 0 Å². The van der Waals surface area contributed by atoms with Crippen LogP contribution in [0.2, 0.25) is 0 Å². The molecule has 0 fully saturated rings. The molecule has 0 saturated heterocycles. The Morgan fingerprint density at radius 3 is 2.33 bits per heavy atom. The van der Waals surface area contributed by atoms with Gasteiger partial charge in [0.25, 0.3) is 11.8 Å². The Hall–Kier alpha value is -3.42. The van der Waals surface area contributed by atoms with E-state index in [4.69, 9.17) is 15.2 Å². The standard InChI is InChI=1S/C19H19FN2O5/c1-2-22(14-9-7-13(20)8-10-14)17(23)11-27-18(24)12-26-16-6-4-3-5-15(16)19(21)25/h3-10H,2,11-12H2,1H3,(H2,21,25). The van der Waals surface area contributed by atoms with E-state index < -0.39 is 36.8 Å². The summed E-state index contributed by atoms with van der Waals surface area (Å²) in [6, 6.07) is 11.6. The predicted molar refractivity (Wildman–Crippen MR) is 95.8 cm³/mol. The number of benzene rings is 2. The molecule has 0 atom stereocenters. The van der Waals surface area contributed by atoms with Crippen molar-refractivity contribution in [3.63, 3.8) is 0 Å². The molecule has 0 heterocycles. The smallest absolute Gasteiger partial charge is 0.344 e. The van der Waals surface area contributed by atoms with E-state index in [-0.39, 0.29) is 11.3 Å². The zero-order valence-electron chi connectivity index (χ0n) is 14.7. The monoisotopic (exact) mass is 374 g/mol. The van der Waals surface area contributed by atoms with Gasteiger partial charge in [0.05, 0.1) is 5.56 Å². The molecule has 0 aliphatic heterocycles. The molecule has 0 unspecified atom stereocenters. The maximum absolute atomic E-state index is 13.0. The minimum Gasteiger partial charge on any atom is -0.481 e. The molecule has 0 saturated carbocycles. The Bertz CT molecular complexity index is 823. The Balaban J connectivity index is 1.88. The fourth-order valence-electron chi connectivity index (χ4n) is 2.32. The second-order valence-electron chi connectivity index (χ2n) is 5.42. The topological polar surface area (TPSA) is 98.9 Å². The molecule has 2 aromatic carbocycles. The molecule has 8 heteroatoms. The Morgan fingerprint density at radius 2 is 1.70 bits per heavy atom. The first-order valence-corrected chi connectivity index (χ1v) is 8.15. The molecular formula is C19H19FN2O5. The third-order valence-electron chi connectivity index (χ3n) is 3.61. The van der Waals surface area contributed by atoms with Gasteiger partial charge in [-0.1, -0.05) is 12.1 Å². The van der Waals surface area contributed by atoms with Crippen molar-refractivity contribution in [1.82, 2.24) is 0 Å².